The van der Waals surface area contributed by atoms with E-state index in [0.717, 1.165) is 5.56 Å². The molecule has 0 saturated carbocycles. The van der Waals surface area contributed by atoms with Gasteiger partial charge in [-0.25, -0.2) is 4.79 Å². The number of carbonyl (C=O) groups excluding carboxylic acids is 1. The number of nitrogens with zero attached hydrogens (tertiary/aromatic N) is 1. The lowest BCUT2D eigenvalue weighted by molar-refractivity contribution is 0.0552. The Balaban J connectivity index is 2.36. The van der Waals surface area contributed by atoms with E-state index in [1.54, 1.807) is 30.0 Å². The molecule has 2 atom stereocenters. The Labute approximate surface area is 125 Å². The first-order chi connectivity index (χ1) is 9.67. The molecule has 0 fully saturated rings. The summed E-state index contributed by atoms with van der Waals surface area (Å²) in [7, 11) is 0. The number of aliphatic hydroxyl groups is 1. The second kappa shape index (κ2) is 5.56. The number of benzene rings is 1. The van der Waals surface area contributed by atoms with E-state index in [2.05, 4.69) is 0 Å². The lowest BCUT2D eigenvalue weighted by atomic mass is 10.1. The van der Waals surface area contributed by atoms with Crippen LogP contribution in [0.1, 0.15) is 46.3 Å². The van der Waals surface area contributed by atoms with Gasteiger partial charge in [-0.15, -0.1) is 0 Å². The van der Waals surface area contributed by atoms with E-state index < -0.39 is 17.8 Å². The maximum atomic E-state index is 12.4. The summed E-state index contributed by atoms with van der Waals surface area (Å²) in [6.07, 6.45) is -1.11. The minimum atomic E-state index is -0.602. The highest BCUT2D eigenvalue weighted by molar-refractivity contribution is 5.90. The van der Waals surface area contributed by atoms with Crippen LogP contribution in [0.15, 0.2) is 18.2 Å². The summed E-state index contributed by atoms with van der Waals surface area (Å²) in [5.41, 5.74) is 0.821. The maximum Gasteiger partial charge on any atom is 0.415 e. The van der Waals surface area contributed by atoms with Crippen LogP contribution in [0.4, 0.5) is 10.5 Å². The molecule has 116 valence electrons. The van der Waals surface area contributed by atoms with Gasteiger partial charge < -0.3 is 14.6 Å². The maximum absolute atomic E-state index is 12.4. The van der Waals surface area contributed by atoms with Gasteiger partial charge in [-0.05, 0) is 52.3 Å². The Morgan fingerprint density at radius 3 is 2.71 bits per heavy atom. The summed E-state index contributed by atoms with van der Waals surface area (Å²) in [6, 6.07) is 5.36. The highest BCUT2D eigenvalue weighted by Crippen LogP contribution is 2.36. The average molecular weight is 293 g/mol. The zero-order valence-corrected chi connectivity index (χ0v) is 13.2. The molecule has 0 spiro atoms. The average Bonchev–Trinajstić information content (AvgIpc) is 2.34. The quantitative estimate of drug-likeness (QED) is 0.863. The molecule has 0 aliphatic carbocycles. The summed E-state index contributed by atoms with van der Waals surface area (Å²) in [5, 5.41) is 9.71. The second-order valence-electron chi connectivity index (χ2n) is 6.42. The monoisotopic (exact) mass is 293 g/mol. The number of hydrogen-bond donors (Lipinski definition) is 1. The molecule has 1 aliphatic rings. The molecule has 2 unspecified atom stereocenters. The van der Waals surface area contributed by atoms with Crippen LogP contribution in [0.5, 0.6) is 5.75 Å². The van der Waals surface area contributed by atoms with Crippen molar-refractivity contribution in [1.29, 1.82) is 0 Å². The van der Waals surface area contributed by atoms with Crippen LogP contribution in [-0.2, 0) is 4.74 Å². The van der Waals surface area contributed by atoms with Gasteiger partial charge in [0, 0.05) is 0 Å². The molecule has 1 heterocycles. The number of fused-ring (bicyclic) bond motifs is 1. The number of ether oxygens (including phenoxy) is 2. The Kier molecular flexibility index (Phi) is 4.14. The van der Waals surface area contributed by atoms with Gasteiger partial charge in [-0.1, -0.05) is 6.07 Å². The van der Waals surface area contributed by atoms with Gasteiger partial charge in [0.05, 0.1) is 18.3 Å². The molecule has 2 rings (SSSR count). The molecule has 21 heavy (non-hydrogen) atoms. The molecule has 1 N–H and O–H groups in total. The topological polar surface area (TPSA) is 59.0 Å². The predicted octanol–water partition coefficient (Wildman–Crippen LogP) is 3.26. The minimum absolute atomic E-state index is 0.109. The molecular formula is C16H23NO4. The third-order valence-electron chi connectivity index (χ3n) is 3.14. The van der Waals surface area contributed by atoms with Crippen molar-refractivity contribution in [2.75, 3.05) is 11.4 Å². The summed E-state index contributed by atoms with van der Waals surface area (Å²) in [5.74, 6) is 0.629. The SMILES string of the molecule is CC1CN(C(=O)OC(C)(C)C)c2cc(C(C)O)ccc2O1. The van der Waals surface area contributed by atoms with Gasteiger partial charge in [0.15, 0.2) is 0 Å². The van der Waals surface area contributed by atoms with E-state index in [4.69, 9.17) is 9.47 Å². The van der Waals surface area contributed by atoms with Crippen molar-refractivity contribution >= 4 is 11.8 Å². The number of amides is 1. The van der Waals surface area contributed by atoms with Gasteiger partial charge in [-0.2, -0.15) is 0 Å². The third-order valence-corrected chi connectivity index (χ3v) is 3.14. The standard InChI is InChI=1S/C16H23NO4/c1-10-9-17(15(19)21-16(3,4)5)13-8-12(11(2)18)6-7-14(13)20-10/h6-8,10-11,18H,9H2,1-5H3. The van der Waals surface area contributed by atoms with Crippen molar-refractivity contribution in [3.8, 4) is 5.75 Å². The smallest absolute Gasteiger partial charge is 0.415 e. The van der Waals surface area contributed by atoms with Crippen molar-refractivity contribution in [2.24, 2.45) is 0 Å². The van der Waals surface area contributed by atoms with Crippen molar-refractivity contribution in [2.45, 2.75) is 52.4 Å². The summed E-state index contributed by atoms with van der Waals surface area (Å²) in [4.78, 5) is 14.0. The molecule has 1 aromatic rings. The van der Waals surface area contributed by atoms with E-state index in [1.165, 1.54) is 0 Å². The predicted molar refractivity (Wildman–Crippen MR) is 80.7 cm³/mol. The van der Waals surface area contributed by atoms with Crippen LogP contribution in [0.3, 0.4) is 0 Å². The Morgan fingerprint density at radius 2 is 2.14 bits per heavy atom. The molecule has 1 aromatic carbocycles. The van der Waals surface area contributed by atoms with Crippen molar-refractivity contribution in [3.05, 3.63) is 23.8 Å². The van der Waals surface area contributed by atoms with E-state index in [-0.39, 0.29) is 6.10 Å². The molecule has 1 amide bonds. The molecule has 0 bridgehead atoms. The van der Waals surface area contributed by atoms with Gasteiger partial charge in [0.25, 0.3) is 0 Å². The molecule has 1 aliphatic heterocycles. The minimum Gasteiger partial charge on any atom is -0.487 e. The second-order valence-corrected chi connectivity index (χ2v) is 6.42. The summed E-state index contributed by atoms with van der Waals surface area (Å²) in [6.45, 7) is 9.52. The zero-order valence-electron chi connectivity index (χ0n) is 13.2. The summed E-state index contributed by atoms with van der Waals surface area (Å²) < 4.78 is 11.2. The van der Waals surface area contributed by atoms with Crippen LogP contribution in [0.25, 0.3) is 0 Å². The number of aliphatic hydroxyl groups excluding tert-OH is 1. The van der Waals surface area contributed by atoms with Gasteiger partial charge in [0.2, 0.25) is 0 Å². The fourth-order valence-electron chi connectivity index (χ4n) is 2.20. The van der Waals surface area contributed by atoms with Crippen molar-refractivity contribution in [1.82, 2.24) is 0 Å². The Bertz CT molecular complexity index is 534. The molecule has 0 radical (unpaired) electrons. The van der Waals surface area contributed by atoms with Crippen molar-refractivity contribution in [3.63, 3.8) is 0 Å². The number of rotatable bonds is 1. The van der Waals surface area contributed by atoms with E-state index >= 15 is 0 Å². The number of anilines is 1. The molecular weight excluding hydrogens is 270 g/mol. The van der Waals surface area contributed by atoms with Crippen LogP contribution in [0, 0.1) is 0 Å². The van der Waals surface area contributed by atoms with Crippen LogP contribution >= 0.6 is 0 Å². The van der Waals surface area contributed by atoms with Crippen LogP contribution < -0.4 is 9.64 Å². The lowest BCUT2D eigenvalue weighted by Crippen LogP contribution is -2.44. The first kappa shape index (κ1) is 15.6. The van der Waals surface area contributed by atoms with Crippen molar-refractivity contribution < 1.29 is 19.4 Å². The zero-order chi connectivity index (χ0) is 15.8. The number of hydrogen-bond acceptors (Lipinski definition) is 4. The van der Waals surface area contributed by atoms with Crippen LogP contribution in [0.2, 0.25) is 0 Å². The molecule has 0 aromatic heterocycles. The first-order valence-corrected chi connectivity index (χ1v) is 7.16. The highest BCUT2D eigenvalue weighted by Gasteiger charge is 2.31. The first-order valence-electron chi connectivity index (χ1n) is 7.16. The molecule has 0 saturated heterocycles. The molecule has 5 nitrogen and oxygen atoms in total. The van der Waals surface area contributed by atoms with E-state index in [9.17, 15) is 9.90 Å². The normalized spacial score (nSPS) is 19.5. The van der Waals surface area contributed by atoms with E-state index in [1.807, 2.05) is 27.7 Å². The Morgan fingerprint density at radius 1 is 1.48 bits per heavy atom. The Hall–Kier alpha value is -1.75. The largest absolute Gasteiger partial charge is 0.487 e. The highest BCUT2D eigenvalue weighted by atomic mass is 16.6. The lowest BCUT2D eigenvalue weighted by Gasteiger charge is -2.35. The fraction of sp³-hybridized carbons (Fsp3) is 0.562. The van der Waals surface area contributed by atoms with Gasteiger partial charge in [-0.3, -0.25) is 4.90 Å². The summed E-state index contributed by atoms with van der Waals surface area (Å²) >= 11 is 0. The fourth-order valence-corrected chi connectivity index (χ4v) is 2.20. The molecule has 5 heteroatoms. The third kappa shape index (κ3) is 3.67. The van der Waals surface area contributed by atoms with Crippen LogP contribution in [-0.4, -0.2) is 29.4 Å². The van der Waals surface area contributed by atoms with Gasteiger partial charge >= 0.3 is 6.09 Å². The number of carbonyl (C=O) groups is 1. The van der Waals surface area contributed by atoms with Gasteiger partial charge in [0.1, 0.15) is 17.5 Å². The van der Waals surface area contributed by atoms with E-state index in [0.29, 0.717) is 18.0 Å².